The average molecular weight is 311 g/mol. The Labute approximate surface area is 120 Å². The standard InChI is InChI=1S/C11H13N5O4S/c1-21(19,20)10-4-2-3-9(11(10)16(17)18)12-5-7-15-8-6-13-14-15/h2-4,6,8,12H,5,7H2,1H3. The molecule has 0 saturated carbocycles. The van der Waals surface area contributed by atoms with Gasteiger partial charge in [-0.15, -0.1) is 5.10 Å². The molecule has 0 atom stereocenters. The summed E-state index contributed by atoms with van der Waals surface area (Å²) in [4.78, 5) is 10.1. The van der Waals surface area contributed by atoms with Crippen molar-refractivity contribution >= 4 is 21.2 Å². The van der Waals surface area contributed by atoms with Crippen LogP contribution in [0.2, 0.25) is 0 Å². The zero-order chi connectivity index (χ0) is 15.5. The van der Waals surface area contributed by atoms with Crippen LogP contribution in [0.5, 0.6) is 0 Å². The van der Waals surface area contributed by atoms with Crippen LogP contribution in [0.3, 0.4) is 0 Å². The first-order valence-electron chi connectivity index (χ1n) is 5.95. The Morgan fingerprint density at radius 1 is 1.43 bits per heavy atom. The van der Waals surface area contributed by atoms with E-state index in [1.165, 1.54) is 24.4 Å². The summed E-state index contributed by atoms with van der Waals surface area (Å²) in [6.07, 6.45) is 4.12. The molecule has 2 rings (SSSR count). The van der Waals surface area contributed by atoms with Gasteiger partial charge in [-0.1, -0.05) is 11.3 Å². The highest BCUT2D eigenvalue weighted by Crippen LogP contribution is 2.31. The van der Waals surface area contributed by atoms with Gasteiger partial charge in [0.1, 0.15) is 10.6 Å². The lowest BCUT2D eigenvalue weighted by Gasteiger charge is -2.09. The fourth-order valence-corrected chi connectivity index (χ4v) is 2.67. The summed E-state index contributed by atoms with van der Waals surface area (Å²) in [6.45, 7) is 0.789. The molecule has 0 aliphatic carbocycles. The van der Waals surface area contributed by atoms with Gasteiger partial charge in [0, 0.05) is 19.0 Å². The van der Waals surface area contributed by atoms with Crippen molar-refractivity contribution in [2.24, 2.45) is 0 Å². The highest BCUT2D eigenvalue weighted by molar-refractivity contribution is 7.90. The number of benzene rings is 1. The van der Waals surface area contributed by atoms with E-state index in [2.05, 4.69) is 15.6 Å². The van der Waals surface area contributed by atoms with E-state index in [9.17, 15) is 18.5 Å². The van der Waals surface area contributed by atoms with E-state index in [4.69, 9.17) is 0 Å². The minimum atomic E-state index is -3.68. The van der Waals surface area contributed by atoms with Crippen LogP contribution in [0.15, 0.2) is 35.5 Å². The van der Waals surface area contributed by atoms with Gasteiger partial charge in [0.05, 0.1) is 17.7 Å². The second-order valence-corrected chi connectivity index (χ2v) is 6.26. The van der Waals surface area contributed by atoms with Crippen molar-refractivity contribution in [3.05, 3.63) is 40.7 Å². The molecule has 1 N–H and O–H groups in total. The Morgan fingerprint density at radius 2 is 2.19 bits per heavy atom. The van der Waals surface area contributed by atoms with Crippen molar-refractivity contribution in [3.8, 4) is 0 Å². The van der Waals surface area contributed by atoms with Crippen molar-refractivity contribution in [1.82, 2.24) is 15.0 Å². The third-order valence-corrected chi connectivity index (χ3v) is 3.84. The van der Waals surface area contributed by atoms with E-state index in [1.807, 2.05) is 0 Å². The number of sulfone groups is 1. The summed E-state index contributed by atoms with van der Waals surface area (Å²) in [5.74, 6) is 0. The SMILES string of the molecule is CS(=O)(=O)c1cccc(NCCn2ccnn2)c1[N+](=O)[O-]. The van der Waals surface area contributed by atoms with Crippen LogP contribution < -0.4 is 5.32 Å². The first-order valence-corrected chi connectivity index (χ1v) is 7.84. The van der Waals surface area contributed by atoms with Crippen molar-refractivity contribution in [1.29, 1.82) is 0 Å². The molecule has 0 unspecified atom stereocenters. The molecule has 112 valence electrons. The Kier molecular flexibility index (Phi) is 4.17. The molecular weight excluding hydrogens is 298 g/mol. The van der Waals surface area contributed by atoms with E-state index in [0.717, 1.165) is 6.26 Å². The molecule has 2 aromatic rings. The van der Waals surface area contributed by atoms with Crippen molar-refractivity contribution in [3.63, 3.8) is 0 Å². The Morgan fingerprint density at radius 3 is 2.76 bits per heavy atom. The summed E-state index contributed by atoms with van der Waals surface area (Å²) < 4.78 is 24.8. The lowest BCUT2D eigenvalue weighted by Crippen LogP contribution is -2.13. The topological polar surface area (TPSA) is 120 Å². The number of rotatable bonds is 6. The zero-order valence-corrected chi connectivity index (χ0v) is 11.9. The summed E-state index contributed by atoms with van der Waals surface area (Å²) in [6, 6.07) is 4.14. The molecule has 9 nitrogen and oxygen atoms in total. The molecule has 0 radical (unpaired) electrons. The smallest absolute Gasteiger partial charge is 0.310 e. The molecule has 0 aliphatic heterocycles. The average Bonchev–Trinajstić information content (AvgIpc) is 2.90. The molecule has 0 saturated heterocycles. The molecule has 1 heterocycles. The van der Waals surface area contributed by atoms with Crippen molar-refractivity contribution < 1.29 is 13.3 Å². The van der Waals surface area contributed by atoms with Crippen LogP contribution in [0.1, 0.15) is 0 Å². The van der Waals surface area contributed by atoms with Crippen LogP contribution in [0, 0.1) is 10.1 Å². The maximum atomic E-state index is 11.6. The van der Waals surface area contributed by atoms with E-state index < -0.39 is 20.4 Å². The number of anilines is 1. The van der Waals surface area contributed by atoms with Crippen molar-refractivity contribution in [2.45, 2.75) is 11.4 Å². The first-order chi connectivity index (χ1) is 9.89. The molecule has 0 bridgehead atoms. The van der Waals surface area contributed by atoms with E-state index >= 15 is 0 Å². The minimum absolute atomic E-state index is 0.156. The van der Waals surface area contributed by atoms with E-state index in [1.54, 1.807) is 10.9 Å². The van der Waals surface area contributed by atoms with Gasteiger partial charge >= 0.3 is 5.69 Å². The van der Waals surface area contributed by atoms with Gasteiger partial charge in [-0.25, -0.2) is 8.42 Å². The number of hydrogen-bond donors (Lipinski definition) is 1. The number of nitrogens with zero attached hydrogens (tertiary/aromatic N) is 4. The number of hydrogen-bond acceptors (Lipinski definition) is 7. The van der Waals surface area contributed by atoms with Gasteiger partial charge in [0.15, 0.2) is 9.84 Å². The molecule has 1 aromatic heterocycles. The molecule has 10 heteroatoms. The number of nitro benzene ring substituents is 1. The molecule has 1 aromatic carbocycles. The van der Waals surface area contributed by atoms with Crippen LogP contribution in [0.4, 0.5) is 11.4 Å². The number of nitrogens with one attached hydrogen (secondary N) is 1. The van der Waals surface area contributed by atoms with Crippen LogP contribution in [-0.4, -0.2) is 41.1 Å². The largest absolute Gasteiger partial charge is 0.378 e. The van der Waals surface area contributed by atoms with Gasteiger partial charge in [-0.3, -0.25) is 14.8 Å². The van der Waals surface area contributed by atoms with Gasteiger partial charge < -0.3 is 5.32 Å². The molecule has 0 amide bonds. The predicted molar refractivity (Wildman–Crippen MR) is 74.7 cm³/mol. The van der Waals surface area contributed by atoms with Crippen LogP contribution in [0.25, 0.3) is 0 Å². The number of para-hydroxylation sites is 1. The second kappa shape index (κ2) is 5.87. The number of aromatic nitrogens is 3. The molecule has 21 heavy (non-hydrogen) atoms. The lowest BCUT2D eigenvalue weighted by atomic mass is 10.2. The van der Waals surface area contributed by atoms with Crippen LogP contribution >= 0.6 is 0 Å². The van der Waals surface area contributed by atoms with Gasteiger partial charge in [0.2, 0.25) is 0 Å². The normalized spacial score (nSPS) is 11.3. The van der Waals surface area contributed by atoms with E-state index in [-0.39, 0.29) is 10.6 Å². The zero-order valence-electron chi connectivity index (χ0n) is 11.1. The summed E-state index contributed by atoms with van der Waals surface area (Å²) in [7, 11) is -3.68. The fraction of sp³-hybridized carbons (Fsp3) is 0.273. The summed E-state index contributed by atoms with van der Waals surface area (Å²) in [5, 5.41) is 21.4. The second-order valence-electron chi connectivity index (χ2n) is 4.27. The van der Waals surface area contributed by atoms with Gasteiger partial charge in [0.25, 0.3) is 0 Å². The van der Waals surface area contributed by atoms with Crippen LogP contribution in [-0.2, 0) is 16.4 Å². The lowest BCUT2D eigenvalue weighted by molar-refractivity contribution is -0.386. The first kappa shape index (κ1) is 14.9. The van der Waals surface area contributed by atoms with Crippen molar-refractivity contribution in [2.75, 3.05) is 18.1 Å². The third kappa shape index (κ3) is 3.54. The predicted octanol–water partition coefficient (Wildman–Crippen LogP) is 0.702. The highest BCUT2D eigenvalue weighted by atomic mass is 32.2. The Hall–Kier alpha value is -2.49. The quantitative estimate of drug-likeness (QED) is 0.615. The fourth-order valence-electron chi connectivity index (χ4n) is 1.81. The number of nitro groups is 1. The maximum absolute atomic E-state index is 11.6. The maximum Gasteiger partial charge on any atom is 0.310 e. The highest BCUT2D eigenvalue weighted by Gasteiger charge is 2.25. The molecular formula is C11H13N5O4S. The van der Waals surface area contributed by atoms with Gasteiger partial charge in [-0.05, 0) is 12.1 Å². The Bertz CT molecular complexity index is 742. The summed E-state index contributed by atoms with van der Waals surface area (Å²) in [5.41, 5.74) is -0.290. The summed E-state index contributed by atoms with van der Waals surface area (Å²) >= 11 is 0. The Balaban J connectivity index is 2.24. The molecule has 0 fully saturated rings. The molecule has 0 aliphatic rings. The van der Waals surface area contributed by atoms with Gasteiger partial charge in [-0.2, -0.15) is 0 Å². The minimum Gasteiger partial charge on any atom is -0.378 e. The monoisotopic (exact) mass is 311 g/mol. The molecule has 0 spiro atoms. The third-order valence-electron chi connectivity index (χ3n) is 2.71. The van der Waals surface area contributed by atoms with E-state index in [0.29, 0.717) is 13.1 Å².